The Morgan fingerprint density at radius 3 is 2.54 bits per heavy atom. The largest absolute Gasteiger partial charge is 0.508 e. The number of hydrogen-bond acceptors (Lipinski definition) is 3. The molecule has 0 radical (unpaired) electrons. The second kappa shape index (κ2) is 7.55. The number of aromatic hydroxyl groups is 1. The maximum absolute atomic E-state index is 12.3. The van der Waals surface area contributed by atoms with Crippen LogP contribution < -0.4 is 5.32 Å². The Kier molecular flexibility index (Phi) is 5.23. The summed E-state index contributed by atoms with van der Waals surface area (Å²) >= 11 is 5.93. The van der Waals surface area contributed by atoms with E-state index in [0.717, 1.165) is 25.2 Å². The zero-order chi connectivity index (χ0) is 16.9. The maximum atomic E-state index is 12.3. The van der Waals surface area contributed by atoms with Gasteiger partial charge in [-0.3, -0.25) is 4.90 Å². The highest BCUT2D eigenvalue weighted by Crippen LogP contribution is 2.17. The number of benzene rings is 2. The van der Waals surface area contributed by atoms with E-state index < -0.39 is 0 Å². The first-order valence-electron chi connectivity index (χ1n) is 7.92. The number of halogens is 1. The first kappa shape index (κ1) is 16.6. The number of hydrogen-bond donors (Lipinski definition) is 2. The molecule has 1 saturated heterocycles. The molecule has 1 aliphatic heterocycles. The van der Waals surface area contributed by atoms with Gasteiger partial charge in [-0.25, -0.2) is 4.79 Å². The first-order chi connectivity index (χ1) is 11.6. The Hall–Kier alpha value is -2.24. The number of carbonyl (C=O) groups excluding carboxylic acids is 1. The van der Waals surface area contributed by atoms with Crippen LogP contribution in [0.15, 0.2) is 48.5 Å². The van der Waals surface area contributed by atoms with Gasteiger partial charge in [0, 0.05) is 43.4 Å². The fourth-order valence-electron chi connectivity index (χ4n) is 2.79. The van der Waals surface area contributed by atoms with Crippen molar-refractivity contribution in [2.24, 2.45) is 0 Å². The van der Waals surface area contributed by atoms with Crippen molar-refractivity contribution in [2.45, 2.75) is 6.54 Å². The third-order valence-corrected chi connectivity index (χ3v) is 4.29. The minimum Gasteiger partial charge on any atom is -0.508 e. The molecular weight excluding hydrogens is 326 g/mol. The number of rotatable bonds is 3. The molecule has 0 atom stereocenters. The molecule has 2 amide bonds. The summed E-state index contributed by atoms with van der Waals surface area (Å²) in [6.45, 7) is 3.73. The fourth-order valence-corrected chi connectivity index (χ4v) is 2.98. The van der Waals surface area contributed by atoms with Gasteiger partial charge in [-0.2, -0.15) is 0 Å². The summed E-state index contributed by atoms with van der Waals surface area (Å²) in [5.41, 5.74) is 1.78. The number of piperazine rings is 1. The minimum atomic E-state index is -0.103. The minimum absolute atomic E-state index is 0.103. The van der Waals surface area contributed by atoms with Crippen LogP contribution in [-0.4, -0.2) is 47.1 Å². The number of urea groups is 1. The normalized spacial score (nSPS) is 15.3. The standard InChI is InChI=1S/C18H20ClN3O2/c19-15-4-2-5-16(12-15)20-18(24)22-9-7-21(8-10-22)13-14-3-1-6-17(23)11-14/h1-6,11-12,23H,7-10,13H2,(H,20,24). The van der Waals surface area contributed by atoms with Crippen molar-refractivity contribution in [1.29, 1.82) is 0 Å². The van der Waals surface area contributed by atoms with E-state index in [1.165, 1.54) is 0 Å². The molecule has 0 bridgehead atoms. The maximum Gasteiger partial charge on any atom is 0.321 e. The van der Waals surface area contributed by atoms with Gasteiger partial charge in [0.25, 0.3) is 0 Å². The van der Waals surface area contributed by atoms with Gasteiger partial charge in [0.05, 0.1) is 0 Å². The summed E-state index contributed by atoms with van der Waals surface area (Å²) in [4.78, 5) is 16.4. The van der Waals surface area contributed by atoms with E-state index in [1.807, 2.05) is 24.3 Å². The van der Waals surface area contributed by atoms with Crippen molar-refractivity contribution in [3.8, 4) is 5.75 Å². The highest BCUT2D eigenvalue weighted by atomic mass is 35.5. The number of phenols is 1. The molecule has 0 saturated carbocycles. The van der Waals surface area contributed by atoms with Crippen LogP contribution in [0.5, 0.6) is 5.75 Å². The van der Waals surface area contributed by atoms with Crippen molar-refractivity contribution < 1.29 is 9.90 Å². The molecule has 6 heteroatoms. The monoisotopic (exact) mass is 345 g/mol. The predicted octanol–water partition coefficient (Wildman–Crippen LogP) is 3.40. The Balaban J connectivity index is 1.50. The van der Waals surface area contributed by atoms with Crippen molar-refractivity contribution in [3.63, 3.8) is 0 Å². The van der Waals surface area contributed by atoms with Crippen LogP contribution in [0.3, 0.4) is 0 Å². The van der Waals surface area contributed by atoms with E-state index in [0.29, 0.717) is 23.8 Å². The second-order valence-electron chi connectivity index (χ2n) is 5.87. The van der Waals surface area contributed by atoms with Crippen LogP contribution in [0.2, 0.25) is 5.02 Å². The zero-order valence-electron chi connectivity index (χ0n) is 13.3. The smallest absolute Gasteiger partial charge is 0.321 e. The van der Waals surface area contributed by atoms with Crippen molar-refractivity contribution >= 4 is 23.3 Å². The molecule has 0 unspecified atom stereocenters. The molecule has 1 aliphatic rings. The average Bonchev–Trinajstić information content (AvgIpc) is 2.55. The molecule has 24 heavy (non-hydrogen) atoms. The lowest BCUT2D eigenvalue weighted by Gasteiger charge is -2.34. The summed E-state index contributed by atoms with van der Waals surface area (Å²) in [5, 5.41) is 13.0. The molecule has 3 rings (SSSR count). The second-order valence-corrected chi connectivity index (χ2v) is 6.31. The number of nitrogens with one attached hydrogen (secondary N) is 1. The lowest BCUT2D eigenvalue weighted by atomic mass is 10.2. The van der Waals surface area contributed by atoms with Crippen LogP contribution in [-0.2, 0) is 6.54 Å². The Morgan fingerprint density at radius 1 is 1.08 bits per heavy atom. The number of nitrogens with zero attached hydrogens (tertiary/aromatic N) is 2. The molecule has 126 valence electrons. The zero-order valence-corrected chi connectivity index (χ0v) is 14.0. The predicted molar refractivity (Wildman–Crippen MR) is 95.4 cm³/mol. The Morgan fingerprint density at radius 2 is 1.83 bits per heavy atom. The van der Waals surface area contributed by atoms with E-state index in [4.69, 9.17) is 11.6 Å². The van der Waals surface area contributed by atoms with Gasteiger partial charge in [-0.15, -0.1) is 0 Å². The van der Waals surface area contributed by atoms with Gasteiger partial charge in [-0.05, 0) is 35.9 Å². The highest BCUT2D eigenvalue weighted by Gasteiger charge is 2.21. The number of amides is 2. The first-order valence-corrected chi connectivity index (χ1v) is 8.30. The van der Waals surface area contributed by atoms with Crippen molar-refractivity contribution in [1.82, 2.24) is 9.80 Å². The molecule has 2 aromatic rings. The third kappa shape index (κ3) is 4.40. The van der Waals surface area contributed by atoms with Gasteiger partial charge in [-0.1, -0.05) is 29.8 Å². The van der Waals surface area contributed by atoms with E-state index in [-0.39, 0.29) is 11.8 Å². The van der Waals surface area contributed by atoms with Crippen LogP contribution in [0, 0.1) is 0 Å². The summed E-state index contributed by atoms with van der Waals surface area (Å²) in [7, 11) is 0. The van der Waals surface area contributed by atoms with Gasteiger partial charge in [0.2, 0.25) is 0 Å². The SMILES string of the molecule is O=C(Nc1cccc(Cl)c1)N1CCN(Cc2cccc(O)c2)CC1. The molecule has 0 spiro atoms. The molecule has 1 heterocycles. The summed E-state index contributed by atoms with van der Waals surface area (Å²) in [5.74, 6) is 0.284. The average molecular weight is 346 g/mol. The lowest BCUT2D eigenvalue weighted by molar-refractivity contribution is 0.143. The van der Waals surface area contributed by atoms with Gasteiger partial charge in [0.15, 0.2) is 0 Å². The molecule has 2 N–H and O–H groups in total. The van der Waals surface area contributed by atoms with E-state index >= 15 is 0 Å². The quantitative estimate of drug-likeness (QED) is 0.896. The van der Waals surface area contributed by atoms with Gasteiger partial charge < -0.3 is 15.3 Å². The molecule has 0 aromatic heterocycles. The van der Waals surface area contributed by atoms with E-state index in [1.54, 1.807) is 29.2 Å². The fraction of sp³-hybridized carbons (Fsp3) is 0.278. The Bertz CT molecular complexity index is 715. The topological polar surface area (TPSA) is 55.8 Å². The lowest BCUT2D eigenvalue weighted by Crippen LogP contribution is -2.49. The van der Waals surface area contributed by atoms with Crippen LogP contribution in [0.25, 0.3) is 0 Å². The highest BCUT2D eigenvalue weighted by molar-refractivity contribution is 6.30. The summed E-state index contributed by atoms with van der Waals surface area (Å²) in [6, 6.07) is 14.3. The van der Waals surface area contributed by atoms with Gasteiger partial charge >= 0.3 is 6.03 Å². The molecular formula is C18H20ClN3O2. The van der Waals surface area contributed by atoms with Crippen molar-refractivity contribution in [2.75, 3.05) is 31.5 Å². The van der Waals surface area contributed by atoms with Crippen LogP contribution in [0.1, 0.15) is 5.56 Å². The molecule has 2 aromatic carbocycles. The summed E-state index contributed by atoms with van der Waals surface area (Å²) < 4.78 is 0. The van der Waals surface area contributed by atoms with E-state index in [2.05, 4.69) is 10.2 Å². The van der Waals surface area contributed by atoms with Gasteiger partial charge in [0.1, 0.15) is 5.75 Å². The number of carbonyl (C=O) groups is 1. The number of anilines is 1. The molecule has 1 fully saturated rings. The van der Waals surface area contributed by atoms with Crippen LogP contribution >= 0.6 is 11.6 Å². The molecule has 5 nitrogen and oxygen atoms in total. The number of phenolic OH excluding ortho intramolecular Hbond substituents is 1. The Labute approximate surface area is 146 Å². The van der Waals surface area contributed by atoms with Crippen molar-refractivity contribution in [3.05, 3.63) is 59.1 Å². The third-order valence-electron chi connectivity index (χ3n) is 4.05. The molecule has 0 aliphatic carbocycles. The van der Waals surface area contributed by atoms with Crippen LogP contribution in [0.4, 0.5) is 10.5 Å². The van der Waals surface area contributed by atoms with E-state index in [9.17, 15) is 9.90 Å². The summed E-state index contributed by atoms with van der Waals surface area (Å²) in [6.07, 6.45) is 0.